The molecule has 1 heterocycles. The van der Waals surface area contributed by atoms with E-state index < -0.39 is 0 Å². The average Bonchev–Trinajstić information content (AvgIpc) is 2.61. The highest BCUT2D eigenvalue weighted by atomic mass is 16.3. The fraction of sp³-hybridized carbons (Fsp3) is 0.636. The van der Waals surface area contributed by atoms with Crippen LogP contribution >= 0.6 is 0 Å². The number of rotatable bonds is 2. The molecule has 2 nitrogen and oxygen atoms in total. The van der Waals surface area contributed by atoms with Crippen LogP contribution in [0.1, 0.15) is 31.4 Å². The van der Waals surface area contributed by atoms with E-state index in [9.17, 15) is 0 Å². The van der Waals surface area contributed by atoms with Gasteiger partial charge in [-0.2, -0.15) is 0 Å². The fourth-order valence-corrected chi connectivity index (χ4v) is 2.24. The van der Waals surface area contributed by atoms with Gasteiger partial charge in [-0.05, 0) is 31.4 Å². The molecular formula is C11H18NO+. The molecule has 0 bridgehead atoms. The van der Waals surface area contributed by atoms with E-state index in [0.29, 0.717) is 6.04 Å². The van der Waals surface area contributed by atoms with Gasteiger partial charge in [0.1, 0.15) is 5.76 Å². The van der Waals surface area contributed by atoms with E-state index in [1.54, 1.807) is 6.26 Å². The third kappa shape index (κ3) is 2.13. The number of hydrogen-bond donors (Lipinski definition) is 1. The van der Waals surface area contributed by atoms with Gasteiger partial charge < -0.3 is 10.2 Å². The summed E-state index contributed by atoms with van der Waals surface area (Å²) in [7, 11) is 0. The van der Waals surface area contributed by atoms with Crippen molar-refractivity contribution in [2.75, 3.05) is 0 Å². The van der Waals surface area contributed by atoms with Crippen LogP contribution in [0.4, 0.5) is 0 Å². The minimum absolute atomic E-state index is 0.638. The number of quaternary nitrogens is 1. The molecule has 2 rings (SSSR count). The summed E-state index contributed by atoms with van der Waals surface area (Å²) in [6.45, 7) is 0. The van der Waals surface area contributed by atoms with Gasteiger partial charge >= 0.3 is 0 Å². The van der Waals surface area contributed by atoms with Crippen LogP contribution in [0.3, 0.4) is 0 Å². The smallest absolute Gasteiger partial charge is 0.104 e. The Labute approximate surface area is 79.1 Å². The first kappa shape index (κ1) is 8.82. The Balaban J connectivity index is 1.93. The van der Waals surface area contributed by atoms with Crippen LogP contribution in [0, 0.1) is 5.92 Å². The van der Waals surface area contributed by atoms with E-state index in [0.717, 1.165) is 18.1 Å². The molecule has 1 fully saturated rings. The van der Waals surface area contributed by atoms with E-state index in [1.165, 1.54) is 25.7 Å². The molecule has 0 unspecified atom stereocenters. The van der Waals surface area contributed by atoms with Gasteiger partial charge in [0.05, 0.1) is 12.3 Å². The largest absolute Gasteiger partial charge is 0.469 e. The molecule has 1 aliphatic carbocycles. The Morgan fingerprint density at radius 2 is 2.23 bits per heavy atom. The zero-order valence-corrected chi connectivity index (χ0v) is 8.04. The normalized spacial score (nSPS) is 29.0. The molecule has 0 radical (unpaired) electrons. The molecule has 2 atom stereocenters. The zero-order valence-electron chi connectivity index (χ0n) is 8.04. The van der Waals surface area contributed by atoms with E-state index >= 15 is 0 Å². The maximum absolute atomic E-state index is 5.36. The molecule has 1 aromatic rings. The van der Waals surface area contributed by atoms with Crippen molar-refractivity contribution in [3.63, 3.8) is 0 Å². The summed E-state index contributed by atoms with van der Waals surface area (Å²) >= 11 is 0. The van der Waals surface area contributed by atoms with E-state index in [4.69, 9.17) is 4.42 Å². The highest BCUT2D eigenvalue weighted by Gasteiger charge is 2.25. The quantitative estimate of drug-likeness (QED) is 0.738. The Morgan fingerprint density at radius 3 is 2.92 bits per heavy atom. The molecule has 72 valence electrons. The molecule has 0 saturated heterocycles. The van der Waals surface area contributed by atoms with E-state index in [2.05, 4.69) is 11.8 Å². The van der Waals surface area contributed by atoms with Gasteiger partial charge in [0.2, 0.25) is 0 Å². The van der Waals surface area contributed by atoms with Crippen molar-refractivity contribution in [1.82, 2.24) is 0 Å². The van der Waals surface area contributed by atoms with Crippen molar-refractivity contribution in [3.05, 3.63) is 24.2 Å². The molecule has 3 N–H and O–H groups in total. The molecule has 0 aliphatic heterocycles. The predicted molar refractivity (Wildman–Crippen MR) is 51.0 cm³/mol. The lowest BCUT2D eigenvalue weighted by Gasteiger charge is -2.24. The summed E-state index contributed by atoms with van der Waals surface area (Å²) in [5.41, 5.74) is 4.22. The first-order valence-electron chi connectivity index (χ1n) is 5.22. The lowest BCUT2D eigenvalue weighted by molar-refractivity contribution is -0.438. The minimum atomic E-state index is 0.638. The summed E-state index contributed by atoms with van der Waals surface area (Å²) in [6, 6.07) is 4.68. The highest BCUT2D eigenvalue weighted by molar-refractivity contribution is 5.00. The van der Waals surface area contributed by atoms with Crippen molar-refractivity contribution in [1.29, 1.82) is 0 Å². The van der Waals surface area contributed by atoms with Gasteiger partial charge in [0.25, 0.3) is 0 Å². The Morgan fingerprint density at radius 1 is 1.38 bits per heavy atom. The van der Waals surface area contributed by atoms with Crippen LogP contribution in [0.15, 0.2) is 22.8 Å². The van der Waals surface area contributed by atoms with Crippen LogP contribution in [0.25, 0.3) is 0 Å². The van der Waals surface area contributed by atoms with Gasteiger partial charge in [-0.25, -0.2) is 0 Å². The molecule has 13 heavy (non-hydrogen) atoms. The van der Waals surface area contributed by atoms with E-state index in [-0.39, 0.29) is 0 Å². The second kappa shape index (κ2) is 3.97. The van der Waals surface area contributed by atoms with Gasteiger partial charge in [0.15, 0.2) is 0 Å². The lowest BCUT2D eigenvalue weighted by atomic mass is 9.82. The summed E-state index contributed by atoms with van der Waals surface area (Å²) in [4.78, 5) is 0. The highest BCUT2D eigenvalue weighted by Crippen LogP contribution is 2.25. The summed E-state index contributed by atoms with van der Waals surface area (Å²) in [5.74, 6) is 1.88. The van der Waals surface area contributed by atoms with Crippen LogP contribution in [0.5, 0.6) is 0 Å². The monoisotopic (exact) mass is 180 g/mol. The van der Waals surface area contributed by atoms with Crippen molar-refractivity contribution >= 4 is 0 Å². The third-order valence-corrected chi connectivity index (χ3v) is 3.11. The zero-order chi connectivity index (χ0) is 9.10. The predicted octanol–water partition coefficient (Wildman–Crippen LogP) is 1.62. The molecule has 0 spiro atoms. The first-order chi connectivity index (χ1) is 6.36. The van der Waals surface area contributed by atoms with Crippen LogP contribution < -0.4 is 5.73 Å². The van der Waals surface area contributed by atoms with E-state index in [1.807, 2.05) is 6.07 Å². The SMILES string of the molecule is [NH3+][C@@H]1CCCC[C@H]1Cc1ccco1. The fourth-order valence-electron chi connectivity index (χ4n) is 2.24. The van der Waals surface area contributed by atoms with Gasteiger partial charge in [0, 0.05) is 12.3 Å². The molecular weight excluding hydrogens is 162 g/mol. The summed E-state index contributed by atoms with van der Waals surface area (Å²) in [5, 5.41) is 0. The van der Waals surface area contributed by atoms with Gasteiger partial charge in [-0.15, -0.1) is 0 Å². The van der Waals surface area contributed by atoms with Crippen molar-refractivity contribution in [2.45, 2.75) is 38.1 Å². The molecule has 0 aromatic carbocycles. The second-order valence-corrected chi connectivity index (χ2v) is 4.09. The Hall–Kier alpha value is -0.760. The Bertz CT molecular complexity index is 243. The molecule has 2 heteroatoms. The molecule has 1 saturated carbocycles. The standard InChI is InChI=1S/C11H17NO/c12-11-6-2-1-4-9(11)8-10-5-3-7-13-10/h3,5,7,9,11H,1-2,4,6,8,12H2/p+1/t9-,11+/m0/s1. The van der Waals surface area contributed by atoms with Gasteiger partial charge in [-0.3, -0.25) is 0 Å². The number of furan rings is 1. The number of hydrogen-bond acceptors (Lipinski definition) is 1. The summed E-state index contributed by atoms with van der Waals surface area (Å²) in [6.07, 6.45) is 8.21. The van der Waals surface area contributed by atoms with Crippen molar-refractivity contribution < 1.29 is 10.2 Å². The summed E-state index contributed by atoms with van der Waals surface area (Å²) < 4.78 is 5.36. The van der Waals surface area contributed by atoms with Crippen LogP contribution in [-0.4, -0.2) is 6.04 Å². The average molecular weight is 180 g/mol. The molecule has 1 aliphatic rings. The molecule has 0 amide bonds. The Kier molecular flexibility index (Phi) is 2.69. The molecule has 1 aromatic heterocycles. The van der Waals surface area contributed by atoms with Crippen LogP contribution in [0.2, 0.25) is 0 Å². The maximum atomic E-state index is 5.36. The third-order valence-electron chi connectivity index (χ3n) is 3.11. The second-order valence-electron chi connectivity index (χ2n) is 4.09. The minimum Gasteiger partial charge on any atom is -0.469 e. The lowest BCUT2D eigenvalue weighted by Crippen LogP contribution is -2.65. The first-order valence-corrected chi connectivity index (χ1v) is 5.22. The topological polar surface area (TPSA) is 40.8 Å². The van der Waals surface area contributed by atoms with Gasteiger partial charge in [-0.1, -0.05) is 6.42 Å². The van der Waals surface area contributed by atoms with Crippen LogP contribution in [-0.2, 0) is 6.42 Å². The van der Waals surface area contributed by atoms with Crippen molar-refractivity contribution in [2.24, 2.45) is 5.92 Å². The maximum Gasteiger partial charge on any atom is 0.104 e. The van der Waals surface area contributed by atoms with Crippen molar-refractivity contribution in [3.8, 4) is 0 Å².